The van der Waals surface area contributed by atoms with Crippen molar-refractivity contribution in [3.05, 3.63) is 12.7 Å². The Hall–Kier alpha value is -0.0100. The minimum Gasteiger partial charge on any atom is -1.00 e. The molecule has 0 fully saturated rings. The molecular formula is C23H48ClN. The number of unbranched alkanes of at least 4 members (excludes halogenated alkanes) is 13. The van der Waals surface area contributed by atoms with Gasteiger partial charge in [-0.05, 0) is 31.8 Å². The van der Waals surface area contributed by atoms with Crippen molar-refractivity contribution in [2.24, 2.45) is 0 Å². The maximum Gasteiger partial charge on any atom is 0.0969 e. The van der Waals surface area contributed by atoms with Crippen molar-refractivity contribution in [1.82, 2.24) is 0 Å². The van der Waals surface area contributed by atoms with Crippen LogP contribution in [0.25, 0.3) is 0 Å². The highest BCUT2D eigenvalue weighted by atomic mass is 35.5. The van der Waals surface area contributed by atoms with E-state index in [9.17, 15) is 0 Å². The Labute approximate surface area is 166 Å². The van der Waals surface area contributed by atoms with Crippen LogP contribution in [0.3, 0.4) is 0 Å². The fourth-order valence-electron chi connectivity index (χ4n) is 3.68. The number of likely N-dealkylation sites (N-methyl/N-ethyl adjacent to an activating group) is 1. The van der Waals surface area contributed by atoms with Crippen molar-refractivity contribution >= 4 is 0 Å². The summed E-state index contributed by atoms with van der Waals surface area (Å²) in [6.07, 6.45) is 23.4. The van der Waals surface area contributed by atoms with Crippen molar-refractivity contribution in [3.8, 4) is 0 Å². The number of quaternary nitrogens is 1. The lowest BCUT2D eigenvalue weighted by atomic mass is 10.1. The van der Waals surface area contributed by atoms with Gasteiger partial charge in [-0.15, -0.1) is 0 Å². The van der Waals surface area contributed by atoms with Gasteiger partial charge in [0.2, 0.25) is 0 Å². The first-order valence-corrected chi connectivity index (χ1v) is 11.1. The molecule has 0 saturated heterocycles. The van der Waals surface area contributed by atoms with E-state index in [1.807, 2.05) is 0 Å². The lowest BCUT2D eigenvalue weighted by Gasteiger charge is -2.34. The molecule has 1 unspecified atom stereocenters. The Bertz CT molecular complexity index is 267. The van der Waals surface area contributed by atoms with Crippen LogP contribution in [-0.2, 0) is 0 Å². The van der Waals surface area contributed by atoms with E-state index in [2.05, 4.69) is 33.6 Å². The van der Waals surface area contributed by atoms with E-state index in [1.165, 1.54) is 114 Å². The molecular weight excluding hydrogens is 326 g/mol. The number of nitrogens with zero attached hydrogens (tertiary/aromatic N) is 1. The molecule has 0 heterocycles. The predicted molar refractivity (Wildman–Crippen MR) is 112 cm³/mol. The third-order valence-electron chi connectivity index (χ3n) is 5.42. The lowest BCUT2D eigenvalue weighted by Crippen LogP contribution is -3.00. The molecule has 0 N–H and O–H groups in total. The molecule has 0 aliphatic carbocycles. The predicted octanol–water partition coefficient (Wildman–Crippen LogP) is 4.51. The van der Waals surface area contributed by atoms with E-state index in [0.29, 0.717) is 0 Å². The fraction of sp³-hybridized carbons (Fsp3) is 0.913. The van der Waals surface area contributed by atoms with Gasteiger partial charge in [0.1, 0.15) is 0 Å². The Morgan fingerprint density at radius 3 is 1.24 bits per heavy atom. The van der Waals surface area contributed by atoms with Crippen LogP contribution in [0.1, 0.15) is 110 Å². The van der Waals surface area contributed by atoms with Crippen molar-refractivity contribution in [3.63, 3.8) is 0 Å². The molecule has 152 valence electrons. The highest BCUT2D eigenvalue weighted by molar-refractivity contribution is 4.65. The normalized spacial score (nSPS) is 13.2. The topological polar surface area (TPSA) is 0 Å². The lowest BCUT2D eigenvalue weighted by molar-refractivity contribution is -0.904. The molecule has 0 aromatic carbocycles. The second-order valence-corrected chi connectivity index (χ2v) is 8.13. The Balaban J connectivity index is 0. The monoisotopic (exact) mass is 373 g/mol. The molecule has 25 heavy (non-hydrogen) atoms. The van der Waals surface area contributed by atoms with E-state index in [-0.39, 0.29) is 12.4 Å². The average molecular weight is 374 g/mol. The Morgan fingerprint density at radius 1 is 0.600 bits per heavy atom. The van der Waals surface area contributed by atoms with Crippen LogP contribution < -0.4 is 12.4 Å². The molecule has 1 atom stereocenters. The van der Waals surface area contributed by atoms with Gasteiger partial charge in [-0.2, -0.15) is 0 Å². The van der Waals surface area contributed by atoms with Gasteiger partial charge >= 0.3 is 0 Å². The van der Waals surface area contributed by atoms with Crippen molar-refractivity contribution < 1.29 is 16.9 Å². The summed E-state index contributed by atoms with van der Waals surface area (Å²) >= 11 is 0. The first kappa shape index (κ1) is 27.2. The summed E-state index contributed by atoms with van der Waals surface area (Å²) in [6, 6.07) is 0. The number of hydrogen-bond donors (Lipinski definition) is 0. The third kappa shape index (κ3) is 18.6. The third-order valence-corrected chi connectivity index (χ3v) is 5.42. The van der Waals surface area contributed by atoms with Gasteiger partial charge < -0.3 is 16.9 Å². The van der Waals surface area contributed by atoms with Crippen molar-refractivity contribution in [2.75, 3.05) is 26.7 Å². The fourth-order valence-corrected chi connectivity index (χ4v) is 3.68. The summed E-state index contributed by atoms with van der Waals surface area (Å²) in [5, 5.41) is 0. The van der Waals surface area contributed by atoms with E-state index < -0.39 is 0 Å². The summed E-state index contributed by atoms with van der Waals surface area (Å²) in [7, 11) is 2.44. The molecule has 0 radical (unpaired) electrons. The standard InChI is InChI=1S/C23H48N.ClH/c1-5-8-10-12-14-16-18-20-23-24(4,21-7-3)22-19-17-15-13-11-9-6-2;/h7H,3,5-6,8-23H2,1-2,4H3;1H/q+1;/p-1. The van der Waals surface area contributed by atoms with Gasteiger partial charge in [-0.1, -0.05) is 91.1 Å². The number of rotatable bonds is 19. The van der Waals surface area contributed by atoms with Gasteiger partial charge in [0.15, 0.2) is 0 Å². The smallest absolute Gasteiger partial charge is 0.0969 e. The minimum atomic E-state index is 0. The minimum absolute atomic E-state index is 0. The largest absolute Gasteiger partial charge is 1.00 e. The molecule has 0 bridgehead atoms. The zero-order valence-corrected chi connectivity index (χ0v) is 18.6. The van der Waals surface area contributed by atoms with E-state index in [4.69, 9.17) is 0 Å². The van der Waals surface area contributed by atoms with Crippen molar-refractivity contribution in [1.29, 1.82) is 0 Å². The van der Waals surface area contributed by atoms with Crippen molar-refractivity contribution in [2.45, 2.75) is 110 Å². The molecule has 0 spiro atoms. The van der Waals surface area contributed by atoms with Crippen LogP contribution >= 0.6 is 0 Å². The molecule has 0 aromatic rings. The van der Waals surface area contributed by atoms with Crippen LogP contribution in [0.5, 0.6) is 0 Å². The Morgan fingerprint density at radius 2 is 0.920 bits per heavy atom. The van der Waals surface area contributed by atoms with Crippen LogP contribution in [-0.4, -0.2) is 31.2 Å². The maximum atomic E-state index is 3.99. The summed E-state index contributed by atoms with van der Waals surface area (Å²) in [5.41, 5.74) is 0. The molecule has 1 nitrogen and oxygen atoms in total. The maximum absolute atomic E-state index is 3.99. The summed E-state index contributed by atoms with van der Waals surface area (Å²) in [6.45, 7) is 12.4. The number of halogens is 1. The van der Waals surface area contributed by atoms with Crippen LogP contribution in [0.2, 0.25) is 0 Å². The molecule has 0 aliphatic rings. The first-order valence-electron chi connectivity index (χ1n) is 11.1. The van der Waals surface area contributed by atoms with Gasteiger partial charge in [0, 0.05) is 0 Å². The number of hydrogen-bond acceptors (Lipinski definition) is 0. The quantitative estimate of drug-likeness (QED) is 0.177. The molecule has 0 amide bonds. The molecule has 2 heteroatoms. The zero-order chi connectivity index (χ0) is 17.9. The SMILES string of the molecule is C=CC[N+](C)(CCCCCCCCC)CCCCCCCCCC.[Cl-]. The van der Waals surface area contributed by atoms with Gasteiger partial charge in [0.25, 0.3) is 0 Å². The zero-order valence-electron chi connectivity index (χ0n) is 17.8. The van der Waals surface area contributed by atoms with Gasteiger partial charge in [-0.25, -0.2) is 0 Å². The van der Waals surface area contributed by atoms with E-state index in [0.717, 1.165) is 6.54 Å². The molecule has 0 aliphatic heterocycles. The Kier molecular flexibility index (Phi) is 22.1. The second-order valence-electron chi connectivity index (χ2n) is 8.13. The van der Waals surface area contributed by atoms with Crippen LogP contribution in [0.15, 0.2) is 12.7 Å². The van der Waals surface area contributed by atoms with Gasteiger partial charge in [0.05, 0.1) is 26.7 Å². The van der Waals surface area contributed by atoms with E-state index in [1.54, 1.807) is 0 Å². The van der Waals surface area contributed by atoms with Crippen LogP contribution in [0, 0.1) is 0 Å². The summed E-state index contributed by atoms with van der Waals surface area (Å²) in [4.78, 5) is 0. The first-order chi connectivity index (χ1) is 11.7. The second kappa shape index (κ2) is 20.3. The van der Waals surface area contributed by atoms with Crippen LogP contribution in [0.4, 0.5) is 0 Å². The summed E-state index contributed by atoms with van der Waals surface area (Å²) in [5.74, 6) is 0. The molecule has 0 rings (SSSR count). The van der Waals surface area contributed by atoms with Gasteiger partial charge in [-0.3, -0.25) is 0 Å². The molecule has 0 saturated carbocycles. The van der Waals surface area contributed by atoms with E-state index >= 15 is 0 Å². The highest BCUT2D eigenvalue weighted by Crippen LogP contribution is 2.14. The molecule has 0 aromatic heterocycles. The highest BCUT2D eigenvalue weighted by Gasteiger charge is 2.18. The average Bonchev–Trinajstić information content (AvgIpc) is 2.57. The summed E-state index contributed by atoms with van der Waals surface area (Å²) < 4.78 is 1.22.